The molecular formula is C22H33BrN4O2. The van der Waals surface area contributed by atoms with E-state index in [-0.39, 0.29) is 11.8 Å². The van der Waals surface area contributed by atoms with Crippen LogP contribution in [0.4, 0.5) is 0 Å². The molecule has 0 saturated carbocycles. The van der Waals surface area contributed by atoms with Gasteiger partial charge in [-0.3, -0.25) is 14.5 Å². The third-order valence-corrected chi connectivity index (χ3v) is 6.57. The molecule has 2 aliphatic rings. The van der Waals surface area contributed by atoms with Crippen LogP contribution in [0.5, 0.6) is 0 Å². The van der Waals surface area contributed by atoms with Gasteiger partial charge in [0.25, 0.3) is 5.91 Å². The van der Waals surface area contributed by atoms with Gasteiger partial charge in [-0.05, 0) is 50.6 Å². The predicted molar refractivity (Wildman–Crippen MR) is 119 cm³/mol. The minimum atomic E-state index is 0.00951. The zero-order valence-corrected chi connectivity index (χ0v) is 19.0. The zero-order valence-electron chi connectivity index (χ0n) is 17.4. The quantitative estimate of drug-likeness (QED) is 0.673. The molecule has 160 valence electrons. The predicted octanol–water partition coefficient (Wildman–Crippen LogP) is 2.59. The summed E-state index contributed by atoms with van der Waals surface area (Å²) in [4.78, 5) is 32.0. The highest BCUT2D eigenvalue weighted by Crippen LogP contribution is 2.17. The smallest absolute Gasteiger partial charge is 0.253 e. The molecule has 2 aliphatic heterocycles. The van der Waals surface area contributed by atoms with Crippen LogP contribution in [0.15, 0.2) is 28.7 Å². The number of halogens is 1. The third-order valence-electron chi connectivity index (χ3n) is 6.04. The van der Waals surface area contributed by atoms with E-state index in [1.54, 1.807) is 0 Å². The summed E-state index contributed by atoms with van der Waals surface area (Å²) in [5, 5.41) is 3.27. The van der Waals surface area contributed by atoms with Crippen LogP contribution >= 0.6 is 15.9 Å². The van der Waals surface area contributed by atoms with E-state index < -0.39 is 0 Å². The molecule has 0 spiro atoms. The molecule has 1 N–H and O–H groups in total. The minimum Gasteiger partial charge on any atom is -0.340 e. The number of rotatable bonds is 7. The Hall–Kier alpha value is -1.44. The molecule has 0 aliphatic carbocycles. The summed E-state index contributed by atoms with van der Waals surface area (Å²) in [6, 6.07) is 8.05. The standard InChI is InChI=1S/C22H33BrN4O2/c1-18-4-2-3-12-25(18)16-17-27(22(29)19-5-7-20(23)8-6-19)13-9-21(28)26-14-10-24-11-15-26/h5-8,18,24H,2-4,9-17H2,1H3/t18-/m0/s1. The van der Waals surface area contributed by atoms with Crippen molar-refractivity contribution in [3.63, 3.8) is 0 Å². The summed E-state index contributed by atoms with van der Waals surface area (Å²) in [6.45, 7) is 8.57. The van der Waals surface area contributed by atoms with Gasteiger partial charge in [0.2, 0.25) is 5.91 Å². The molecule has 0 unspecified atom stereocenters. The topological polar surface area (TPSA) is 55.9 Å². The van der Waals surface area contributed by atoms with Gasteiger partial charge >= 0.3 is 0 Å². The summed E-state index contributed by atoms with van der Waals surface area (Å²) >= 11 is 3.43. The highest BCUT2D eigenvalue weighted by molar-refractivity contribution is 9.10. The highest BCUT2D eigenvalue weighted by atomic mass is 79.9. The molecule has 2 fully saturated rings. The maximum absolute atomic E-state index is 13.2. The Kier molecular flexibility index (Phi) is 8.51. The Bertz CT molecular complexity index is 676. The van der Waals surface area contributed by atoms with Gasteiger partial charge in [0.1, 0.15) is 0 Å². The first-order valence-corrected chi connectivity index (χ1v) is 11.6. The SMILES string of the molecule is C[C@H]1CCCCN1CCN(CCC(=O)N1CCNCC1)C(=O)c1ccc(Br)cc1. The van der Waals surface area contributed by atoms with Crippen LogP contribution in [-0.4, -0.2) is 84.9 Å². The number of hydrogen-bond donors (Lipinski definition) is 1. The summed E-state index contributed by atoms with van der Waals surface area (Å²) in [5.74, 6) is 0.154. The van der Waals surface area contributed by atoms with Gasteiger partial charge < -0.3 is 15.1 Å². The van der Waals surface area contributed by atoms with E-state index in [2.05, 4.69) is 33.1 Å². The lowest BCUT2D eigenvalue weighted by atomic mass is 10.0. The Balaban J connectivity index is 1.62. The number of nitrogens with one attached hydrogen (secondary N) is 1. The Labute approximate surface area is 182 Å². The molecule has 0 bridgehead atoms. The summed E-state index contributed by atoms with van der Waals surface area (Å²) in [6.07, 6.45) is 4.13. The van der Waals surface area contributed by atoms with E-state index in [1.807, 2.05) is 34.1 Å². The van der Waals surface area contributed by atoms with Gasteiger partial charge in [0.05, 0.1) is 0 Å². The number of carbonyl (C=O) groups is 2. The van der Waals surface area contributed by atoms with E-state index in [0.717, 1.165) is 43.7 Å². The Morgan fingerprint density at radius 2 is 1.83 bits per heavy atom. The average Bonchev–Trinajstić information content (AvgIpc) is 2.75. The van der Waals surface area contributed by atoms with Crippen LogP contribution in [0.25, 0.3) is 0 Å². The number of piperidine rings is 1. The number of hydrogen-bond acceptors (Lipinski definition) is 4. The average molecular weight is 465 g/mol. The second kappa shape index (κ2) is 11.1. The van der Waals surface area contributed by atoms with Crippen LogP contribution in [0, 0.1) is 0 Å². The normalized spacial score (nSPS) is 20.5. The van der Waals surface area contributed by atoms with Crippen molar-refractivity contribution < 1.29 is 9.59 Å². The van der Waals surface area contributed by atoms with Gasteiger partial charge in [-0.1, -0.05) is 22.4 Å². The second-order valence-electron chi connectivity index (χ2n) is 8.06. The number of nitrogens with zero attached hydrogens (tertiary/aromatic N) is 3. The van der Waals surface area contributed by atoms with Gasteiger partial charge in [-0.25, -0.2) is 0 Å². The molecular weight excluding hydrogens is 432 g/mol. The van der Waals surface area contributed by atoms with Crippen molar-refractivity contribution in [2.24, 2.45) is 0 Å². The number of likely N-dealkylation sites (tertiary alicyclic amines) is 1. The molecule has 2 amide bonds. The number of piperazine rings is 1. The van der Waals surface area contributed by atoms with Crippen LogP contribution in [0.1, 0.15) is 43.0 Å². The summed E-state index contributed by atoms with van der Waals surface area (Å²) in [7, 11) is 0. The van der Waals surface area contributed by atoms with Crippen LogP contribution in [0.2, 0.25) is 0 Å². The molecule has 6 nitrogen and oxygen atoms in total. The largest absolute Gasteiger partial charge is 0.340 e. The van der Waals surface area contributed by atoms with Crippen molar-refractivity contribution in [1.29, 1.82) is 0 Å². The molecule has 0 aromatic heterocycles. The van der Waals surface area contributed by atoms with Crippen molar-refractivity contribution >= 4 is 27.7 Å². The lowest BCUT2D eigenvalue weighted by Crippen LogP contribution is -2.48. The molecule has 2 heterocycles. The number of amides is 2. The molecule has 1 aromatic rings. The van der Waals surface area contributed by atoms with Crippen LogP contribution in [-0.2, 0) is 4.79 Å². The zero-order chi connectivity index (χ0) is 20.6. The lowest BCUT2D eigenvalue weighted by Gasteiger charge is -2.35. The van der Waals surface area contributed by atoms with E-state index >= 15 is 0 Å². The van der Waals surface area contributed by atoms with Crippen LogP contribution in [0.3, 0.4) is 0 Å². The van der Waals surface area contributed by atoms with Crippen molar-refractivity contribution in [2.75, 3.05) is 52.4 Å². The van der Waals surface area contributed by atoms with Gasteiger partial charge in [-0.2, -0.15) is 0 Å². The Morgan fingerprint density at radius 1 is 1.10 bits per heavy atom. The third kappa shape index (κ3) is 6.52. The van der Waals surface area contributed by atoms with Crippen molar-refractivity contribution in [3.8, 4) is 0 Å². The molecule has 29 heavy (non-hydrogen) atoms. The minimum absolute atomic E-state index is 0.00951. The molecule has 7 heteroatoms. The van der Waals surface area contributed by atoms with Crippen LogP contribution < -0.4 is 5.32 Å². The lowest BCUT2D eigenvalue weighted by molar-refractivity contribution is -0.131. The second-order valence-corrected chi connectivity index (χ2v) is 8.98. The van der Waals surface area contributed by atoms with Crippen molar-refractivity contribution in [3.05, 3.63) is 34.3 Å². The fraction of sp³-hybridized carbons (Fsp3) is 0.636. The molecule has 0 radical (unpaired) electrons. The maximum Gasteiger partial charge on any atom is 0.253 e. The summed E-state index contributed by atoms with van der Waals surface area (Å²) < 4.78 is 0.955. The monoisotopic (exact) mass is 464 g/mol. The fourth-order valence-electron chi connectivity index (χ4n) is 4.13. The van der Waals surface area contributed by atoms with Gasteiger partial charge in [-0.15, -0.1) is 0 Å². The van der Waals surface area contributed by atoms with Gasteiger partial charge in [0.15, 0.2) is 0 Å². The molecule has 2 saturated heterocycles. The first-order valence-electron chi connectivity index (χ1n) is 10.8. The fourth-order valence-corrected chi connectivity index (χ4v) is 4.40. The van der Waals surface area contributed by atoms with E-state index in [4.69, 9.17) is 0 Å². The van der Waals surface area contributed by atoms with E-state index in [1.165, 1.54) is 19.3 Å². The summed E-state index contributed by atoms with van der Waals surface area (Å²) in [5.41, 5.74) is 0.675. The first kappa shape index (κ1) is 22.2. The van der Waals surface area contributed by atoms with Crippen molar-refractivity contribution in [1.82, 2.24) is 20.0 Å². The molecule has 1 aromatic carbocycles. The molecule has 3 rings (SSSR count). The first-order chi connectivity index (χ1) is 14.0. The van der Waals surface area contributed by atoms with Crippen molar-refractivity contribution in [2.45, 2.75) is 38.6 Å². The molecule has 1 atom stereocenters. The van der Waals surface area contributed by atoms with E-state index in [9.17, 15) is 9.59 Å². The van der Waals surface area contributed by atoms with Gasteiger partial charge in [0, 0.05) is 68.3 Å². The van der Waals surface area contributed by atoms with E-state index in [0.29, 0.717) is 31.1 Å². The number of carbonyl (C=O) groups excluding carboxylic acids is 2. The maximum atomic E-state index is 13.2. The number of benzene rings is 1. The highest BCUT2D eigenvalue weighted by Gasteiger charge is 2.23. The Morgan fingerprint density at radius 3 is 2.52 bits per heavy atom.